The number of hydrogen-bond donors (Lipinski definition) is 0. The molecule has 0 aliphatic carbocycles. The third-order valence-electron chi connectivity index (χ3n) is 2.86. The average Bonchev–Trinajstić information content (AvgIpc) is 2.53. The van der Waals surface area contributed by atoms with Gasteiger partial charge < -0.3 is 14.2 Å². The lowest BCUT2D eigenvalue weighted by molar-refractivity contribution is -0.134. The zero-order valence-electron chi connectivity index (χ0n) is 12.2. The molecule has 0 atom stereocenters. The van der Waals surface area contributed by atoms with Crippen molar-refractivity contribution in [3.63, 3.8) is 0 Å². The smallest absolute Gasteiger partial charge is 0.310 e. The molecule has 0 unspecified atom stereocenters. The van der Waals surface area contributed by atoms with Gasteiger partial charge in [-0.05, 0) is 5.56 Å². The summed E-state index contributed by atoms with van der Waals surface area (Å²) in [5, 5.41) is 0. The monoisotopic (exact) mass is 286 g/mol. The number of benzene rings is 2. The average molecular weight is 286 g/mol. The van der Waals surface area contributed by atoms with Crippen LogP contribution in [0.5, 0.6) is 17.2 Å². The van der Waals surface area contributed by atoms with Crippen LogP contribution in [-0.4, -0.2) is 13.1 Å². The van der Waals surface area contributed by atoms with E-state index < -0.39 is 0 Å². The highest BCUT2D eigenvalue weighted by molar-refractivity contribution is 5.72. The van der Waals surface area contributed by atoms with Crippen LogP contribution in [0.1, 0.15) is 18.9 Å². The first-order valence-electron chi connectivity index (χ1n) is 6.77. The molecule has 2 aromatic carbocycles. The van der Waals surface area contributed by atoms with Gasteiger partial charge in [0.1, 0.15) is 23.9 Å². The molecule has 0 aromatic heterocycles. The lowest BCUT2D eigenvalue weighted by atomic mass is 10.2. The highest BCUT2D eigenvalue weighted by atomic mass is 16.5. The minimum atomic E-state index is -0.294. The number of methoxy groups -OCH3 is 1. The predicted molar refractivity (Wildman–Crippen MR) is 79.7 cm³/mol. The molecule has 2 rings (SSSR count). The van der Waals surface area contributed by atoms with E-state index in [1.54, 1.807) is 32.2 Å². The Labute approximate surface area is 124 Å². The third kappa shape index (κ3) is 4.53. The van der Waals surface area contributed by atoms with Crippen LogP contribution in [0.15, 0.2) is 48.5 Å². The van der Waals surface area contributed by atoms with E-state index >= 15 is 0 Å². The Kier molecular flexibility index (Phi) is 5.21. The second kappa shape index (κ2) is 7.33. The Morgan fingerprint density at radius 1 is 1.00 bits per heavy atom. The topological polar surface area (TPSA) is 44.8 Å². The molecule has 0 saturated carbocycles. The summed E-state index contributed by atoms with van der Waals surface area (Å²) in [6.07, 6.45) is 0.317. The number of ether oxygens (including phenoxy) is 3. The molecule has 0 fully saturated rings. The van der Waals surface area contributed by atoms with E-state index in [9.17, 15) is 4.79 Å². The molecule has 0 radical (unpaired) electrons. The molecule has 21 heavy (non-hydrogen) atoms. The molecule has 0 spiro atoms. The largest absolute Gasteiger partial charge is 0.496 e. The van der Waals surface area contributed by atoms with Crippen molar-refractivity contribution in [2.45, 2.75) is 20.0 Å². The maximum atomic E-state index is 11.4. The van der Waals surface area contributed by atoms with E-state index in [0.717, 1.165) is 5.56 Å². The first-order valence-corrected chi connectivity index (χ1v) is 6.77. The fourth-order valence-corrected chi connectivity index (χ4v) is 1.75. The van der Waals surface area contributed by atoms with Crippen LogP contribution in [0.2, 0.25) is 0 Å². The molecular formula is C17H18O4. The van der Waals surface area contributed by atoms with E-state index in [4.69, 9.17) is 14.2 Å². The zero-order valence-corrected chi connectivity index (χ0v) is 12.2. The van der Waals surface area contributed by atoms with Gasteiger partial charge in [-0.2, -0.15) is 0 Å². The number of rotatable bonds is 6. The third-order valence-corrected chi connectivity index (χ3v) is 2.86. The molecule has 0 amide bonds. The highest BCUT2D eigenvalue weighted by Crippen LogP contribution is 2.28. The first-order chi connectivity index (χ1) is 10.2. The van der Waals surface area contributed by atoms with Crippen molar-refractivity contribution in [2.75, 3.05) is 7.11 Å². The van der Waals surface area contributed by atoms with Gasteiger partial charge in [0.2, 0.25) is 0 Å². The fraction of sp³-hybridized carbons (Fsp3) is 0.235. The molecular weight excluding hydrogens is 268 g/mol. The minimum absolute atomic E-state index is 0.294. The molecule has 4 heteroatoms. The summed E-state index contributed by atoms with van der Waals surface area (Å²) in [4.78, 5) is 11.4. The van der Waals surface area contributed by atoms with E-state index in [1.807, 2.05) is 30.3 Å². The Morgan fingerprint density at radius 2 is 1.67 bits per heavy atom. The van der Waals surface area contributed by atoms with Crippen LogP contribution in [0, 0.1) is 0 Å². The maximum absolute atomic E-state index is 11.4. The van der Waals surface area contributed by atoms with Crippen molar-refractivity contribution in [3.05, 3.63) is 54.1 Å². The predicted octanol–water partition coefficient (Wildman–Crippen LogP) is 3.59. The normalized spacial score (nSPS) is 10.0. The van der Waals surface area contributed by atoms with Gasteiger partial charge in [-0.1, -0.05) is 37.3 Å². The van der Waals surface area contributed by atoms with E-state index in [1.165, 1.54) is 0 Å². The van der Waals surface area contributed by atoms with Gasteiger partial charge in [-0.3, -0.25) is 4.79 Å². The van der Waals surface area contributed by atoms with Crippen molar-refractivity contribution in [2.24, 2.45) is 0 Å². The standard InChI is InChI=1S/C17H18O4/c1-3-17(18)21-16-10-14(19-2)9-15(11-16)20-12-13-7-5-4-6-8-13/h4-11H,3,12H2,1-2H3. The van der Waals surface area contributed by atoms with Crippen LogP contribution in [0.4, 0.5) is 0 Å². The van der Waals surface area contributed by atoms with Gasteiger partial charge in [0.05, 0.1) is 7.11 Å². The van der Waals surface area contributed by atoms with Crippen LogP contribution < -0.4 is 14.2 Å². The quantitative estimate of drug-likeness (QED) is 0.601. The molecule has 2 aromatic rings. The SMILES string of the molecule is CCC(=O)Oc1cc(OC)cc(OCc2ccccc2)c1. The fourth-order valence-electron chi connectivity index (χ4n) is 1.75. The van der Waals surface area contributed by atoms with Crippen molar-refractivity contribution < 1.29 is 19.0 Å². The molecule has 4 nitrogen and oxygen atoms in total. The van der Waals surface area contributed by atoms with Gasteiger partial charge in [-0.25, -0.2) is 0 Å². The van der Waals surface area contributed by atoms with Crippen LogP contribution in [0.3, 0.4) is 0 Å². The van der Waals surface area contributed by atoms with Crippen molar-refractivity contribution >= 4 is 5.97 Å². The summed E-state index contributed by atoms with van der Waals surface area (Å²) >= 11 is 0. The lowest BCUT2D eigenvalue weighted by Crippen LogP contribution is -2.06. The molecule has 110 valence electrons. The summed E-state index contributed by atoms with van der Waals surface area (Å²) in [5.74, 6) is 1.30. The van der Waals surface area contributed by atoms with Crippen molar-refractivity contribution in [1.82, 2.24) is 0 Å². The summed E-state index contributed by atoms with van der Waals surface area (Å²) in [5.41, 5.74) is 1.06. The van der Waals surface area contributed by atoms with Crippen molar-refractivity contribution in [3.8, 4) is 17.2 Å². The summed E-state index contributed by atoms with van der Waals surface area (Å²) < 4.78 is 16.1. The summed E-state index contributed by atoms with van der Waals surface area (Å²) in [7, 11) is 1.56. The highest BCUT2D eigenvalue weighted by Gasteiger charge is 2.07. The zero-order chi connectivity index (χ0) is 15.1. The van der Waals surface area contributed by atoms with Crippen LogP contribution in [-0.2, 0) is 11.4 Å². The molecule has 0 bridgehead atoms. The van der Waals surface area contributed by atoms with Crippen molar-refractivity contribution in [1.29, 1.82) is 0 Å². The number of carbonyl (C=O) groups is 1. The van der Waals surface area contributed by atoms with Crippen LogP contribution >= 0.6 is 0 Å². The maximum Gasteiger partial charge on any atom is 0.310 e. The number of carbonyl (C=O) groups excluding carboxylic acids is 1. The van der Waals surface area contributed by atoms with E-state index in [2.05, 4.69) is 0 Å². The minimum Gasteiger partial charge on any atom is -0.496 e. The second-order valence-electron chi connectivity index (χ2n) is 4.45. The van der Waals surface area contributed by atoms with E-state index in [0.29, 0.717) is 30.3 Å². The molecule has 0 saturated heterocycles. The number of esters is 1. The Bertz CT molecular complexity index is 593. The molecule has 0 aliphatic heterocycles. The Morgan fingerprint density at radius 3 is 2.33 bits per heavy atom. The summed E-state index contributed by atoms with van der Waals surface area (Å²) in [6, 6.07) is 14.9. The molecule has 0 aliphatic rings. The number of hydrogen-bond acceptors (Lipinski definition) is 4. The molecule has 0 N–H and O–H groups in total. The van der Waals surface area contributed by atoms with Gasteiger partial charge >= 0.3 is 5.97 Å². The lowest BCUT2D eigenvalue weighted by Gasteiger charge is -2.11. The Hall–Kier alpha value is -2.49. The second-order valence-corrected chi connectivity index (χ2v) is 4.45. The first kappa shape index (κ1) is 14.9. The van der Waals surface area contributed by atoms with E-state index in [-0.39, 0.29) is 5.97 Å². The molecule has 0 heterocycles. The van der Waals surface area contributed by atoms with Gasteiger partial charge in [0.25, 0.3) is 0 Å². The van der Waals surface area contributed by atoms with Gasteiger partial charge in [0.15, 0.2) is 0 Å². The van der Waals surface area contributed by atoms with Gasteiger partial charge in [0, 0.05) is 24.6 Å². The summed E-state index contributed by atoms with van der Waals surface area (Å²) in [6.45, 7) is 2.19. The Balaban J connectivity index is 2.10. The van der Waals surface area contributed by atoms with Gasteiger partial charge in [-0.15, -0.1) is 0 Å². The van der Waals surface area contributed by atoms with Crippen LogP contribution in [0.25, 0.3) is 0 Å².